The van der Waals surface area contributed by atoms with E-state index in [-0.39, 0.29) is 5.78 Å². The number of rotatable bonds is 5. The summed E-state index contributed by atoms with van der Waals surface area (Å²) in [5.41, 5.74) is 2.28. The van der Waals surface area contributed by atoms with Crippen LogP contribution in [0.5, 0.6) is 5.75 Å². The average molecular weight is 360 g/mol. The lowest BCUT2D eigenvalue weighted by Gasteiger charge is -1.99. The first-order chi connectivity index (χ1) is 13.1. The number of hydrogen-bond acceptors (Lipinski definition) is 3. The Bertz CT molecular complexity index is 858. The molecule has 0 radical (unpaired) electrons. The first-order valence-corrected chi connectivity index (χ1v) is 8.30. The molecular formula is C23H20O4. The smallest absolute Gasteiger partial charge is 0.328 e. The third-order valence-electron chi connectivity index (χ3n) is 3.58. The van der Waals surface area contributed by atoms with Crippen molar-refractivity contribution >= 4 is 17.8 Å². The van der Waals surface area contributed by atoms with Crippen molar-refractivity contribution in [1.29, 1.82) is 0 Å². The molecular weight excluding hydrogens is 340 g/mol. The van der Waals surface area contributed by atoms with E-state index in [4.69, 9.17) is 9.84 Å². The Hall–Kier alpha value is -3.66. The Morgan fingerprint density at radius 1 is 0.815 bits per heavy atom. The predicted molar refractivity (Wildman–Crippen MR) is 106 cm³/mol. The molecule has 0 bridgehead atoms. The van der Waals surface area contributed by atoms with Crippen LogP contribution in [0.15, 0.2) is 91.0 Å². The molecule has 0 aromatic heterocycles. The highest BCUT2D eigenvalue weighted by molar-refractivity contribution is 6.08. The summed E-state index contributed by atoms with van der Waals surface area (Å²) in [6, 6.07) is 25.8. The van der Waals surface area contributed by atoms with Crippen molar-refractivity contribution in [1.82, 2.24) is 0 Å². The molecule has 1 N–H and O–H groups in total. The van der Waals surface area contributed by atoms with Crippen molar-refractivity contribution < 1.29 is 19.4 Å². The van der Waals surface area contributed by atoms with Gasteiger partial charge in [0.2, 0.25) is 0 Å². The molecule has 3 aromatic rings. The third kappa shape index (κ3) is 6.63. The zero-order valence-electron chi connectivity index (χ0n) is 14.9. The Morgan fingerprint density at radius 3 is 1.85 bits per heavy atom. The minimum absolute atomic E-state index is 0.0752. The molecule has 4 heteroatoms. The number of hydrogen-bond donors (Lipinski definition) is 1. The lowest BCUT2D eigenvalue weighted by Crippen LogP contribution is -1.99. The SMILES string of the molecule is COc1cccc(C=CC(=O)O)c1.O=C(c1ccccc1)c1ccccc1. The second-order valence-electron chi connectivity index (χ2n) is 5.51. The van der Waals surface area contributed by atoms with E-state index in [1.54, 1.807) is 25.3 Å². The highest BCUT2D eigenvalue weighted by atomic mass is 16.5. The van der Waals surface area contributed by atoms with Gasteiger partial charge < -0.3 is 9.84 Å². The van der Waals surface area contributed by atoms with Crippen LogP contribution in [0.2, 0.25) is 0 Å². The molecule has 0 amide bonds. The van der Waals surface area contributed by atoms with E-state index in [0.717, 1.165) is 22.8 Å². The summed E-state index contributed by atoms with van der Waals surface area (Å²) in [4.78, 5) is 22.1. The lowest BCUT2D eigenvalue weighted by atomic mass is 10.0. The minimum atomic E-state index is -0.956. The molecule has 0 saturated carbocycles. The fourth-order valence-corrected chi connectivity index (χ4v) is 2.26. The van der Waals surface area contributed by atoms with Crippen LogP contribution in [0.3, 0.4) is 0 Å². The van der Waals surface area contributed by atoms with Crippen LogP contribution < -0.4 is 4.74 Å². The van der Waals surface area contributed by atoms with E-state index in [9.17, 15) is 9.59 Å². The van der Waals surface area contributed by atoms with E-state index in [0.29, 0.717) is 5.75 Å². The molecule has 3 aromatic carbocycles. The topological polar surface area (TPSA) is 63.6 Å². The van der Waals surface area contributed by atoms with Gasteiger partial charge in [-0.05, 0) is 23.8 Å². The summed E-state index contributed by atoms with van der Waals surface area (Å²) in [6.45, 7) is 0. The fourth-order valence-electron chi connectivity index (χ4n) is 2.26. The highest BCUT2D eigenvalue weighted by Crippen LogP contribution is 2.13. The number of carboxylic acid groups (broad SMARTS) is 1. The predicted octanol–water partition coefficient (Wildman–Crippen LogP) is 4.71. The second-order valence-corrected chi connectivity index (χ2v) is 5.51. The number of carbonyl (C=O) groups excluding carboxylic acids is 1. The molecule has 0 unspecified atom stereocenters. The monoisotopic (exact) mass is 360 g/mol. The van der Waals surface area contributed by atoms with Gasteiger partial charge in [0.1, 0.15) is 5.75 Å². The lowest BCUT2D eigenvalue weighted by molar-refractivity contribution is -0.131. The van der Waals surface area contributed by atoms with Gasteiger partial charge in [0.05, 0.1) is 7.11 Å². The summed E-state index contributed by atoms with van der Waals surface area (Å²) in [7, 11) is 1.57. The van der Waals surface area contributed by atoms with Crippen molar-refractivity contribution in [3.8, 4) is 5.75 Å². The molecule has 0 aliphatic carbocycles. The molecule has 0 spiro atoms. The first kappa shape index (κ1) is 19.7. The first-order valence-electron chi connectivity index (χ1n) is 8.30. The van der Waals surface area contributed by atoms with Gasteiger partial charge in [0.15, 0.2) is 5.78 Å². The maximum atomic E-state index is 11.8. The van der Waals surface area contributed by atoms with Gasteiger partial charge in [0, 0.05) is 17.2 Å². The van der Waals surface area contributed by atoms with E-state index in [2.05, 4.69) is 0 Å². The zero-order valence-corrected chi connectivity index (χ0v) is 14.9. The van der Waals surface area contributed by atoms with E-state index >= 15 is 0 Å². The molecule has 0 heterocycles. The number of benzene rings is 3. The standard InChI is InChI=1S/C13H10O.C10H10O3/c14-13(11-7-3-1-4-8-11)12-9-5-2-6-10-12;1-13-9-4-2-3-8(7-9)5-6-10(11)12/h1-10H;2-7H,1H3,(H,11,12). The Labute approximate surface area is 158 Å². The summed E-state index contributed by atoms with van der Waals surface area (Å²) < 4.78 is 4.98. The molecule has 0 atom stereocenters. The zero-order chi connectivity index (χ0) is 19.5. The van der Waals surface area contributed by atoms with Gasteiger partial charge in [-0.3, -0.25) is 4.79 Å². The molecule has 0 aliphatic rings. The van der Waals surface area contributed by atoms with E-state index in [1.165, 1.54) is 6.08 Å². The second kappa shape index (κ2) is 10.4. The Balaban J connectivity index is 0.000000194. The van der Waals surface area contributed by atoms with Gasteiger partial charge in [-0.1, -0.05) is 72.8 Å². The van der Waals surface area contributed by atoms with Gasteiger partial charge in [0.25, 0.3) is 0 Å². The molecule has 136 valence electrons. The van der Waals surface area contributed by atoms with Crippen LogP contribution in [-0.4, -0.2) is 24.0 Å². The fraction of sp³-hybridized carbons (Fsp3) is 0.0435. The maximum absolute atomic E-state index is 11.8. The molecule has 3 rings (SSSR count). The normalized spacial score (nSPS) is 9.96. The molecule has 0 aliphatic heterocycles. The quantitative estimate of drug-likeness (QED) is 0.529. The minimum Gasteiger partial charge on any atom is -0.497 e. The van der Waals surface area contributed by atoms with Crippen LogP contribution in [0.25, 0.3) is 6.08 Å². The molecule has 0 saturated heterocycles. The van der Waals surface area contributed by atoms with Crippen molar-refractivity contribution in [2.75, 3.05) is 7.11 Å². The van der Waals surface area contributed by atoms with Crippen LogP contribution >= 0.6 is 0 Å². The maximum Gasteiger partial charge on any atom is 0.328 e. The van der Waals surface area contributed by atoms with Gasteiger partial charge in [-0.15, -0.1) is 0 Å². The van der Waals surface area contributed by atoms with Crippen LogP contribution in [0, 0.1) is 0 Å². The van der Waals surface area contributed by atoms with E-state index in [1.807, 2.05) is 66.7 Å². The number of ether oxygens (including phenoxy) is 1. The van der Waals surface area contributed by atoms with Crippen molar-refractivity contribution in [3.05, 3.63) is 108 Å². The largest absolute Gasteiger partial charge is 0.497 e. The Morgan fingerprint density at radius 2 is 1.37 bits per heavy atom. The van der Waals surface area contributed by atoms with E-state index < -0.39 is 5.97 Å². The summed E-state index contributed by atoms with van der Waals surface area (Å²) >= 11 is 0. The number of carboxylic acids is 1. The third-order valence-corrected chi connectivity index (χ3v) is 3.58. The van der Waals surface area contributed by atoms with Crippen molar-refractivity contribution in [2.24, 2.45) is 0 Å². The summed E-state index contributed by atoms with van der Waals surface area (Å²) in [6.07, 6.45) is 2.61. The summed E-state index contributed by atoms with van der Waals surface area (Å²) in [5, 5.41) is 8.38. The van der Waals surface area contributed by atoms with Crippen LogP contribution in [-0.2, 0) is 4.79 Å². The van der Waals surface area contributed by atoms with Gasteiger partial charge in [-0.25, -0.2) is 4.79 Å². The number of carbonyl (C=O) groups is 2. The highest BCUT2D eigenvalue weighted by Gasteiger charge is 2.06. The Kier molecular flexibility index (Phi) is 7.54. The molecule has 27 heavy (non-hydrogen) atoms. The van der Waals surface area contributed by atoms with Crippen LogP contribution in [0.1, 0.15) is 21.5 Å². The molecule has 0 fully saturated rings. The van der Waals surface area contributed by atoms with Gasteiger partial charge in [-0.2, -0.15) is 0 Å². The van der Waals surface area contributed by atoms with Crippen molar-refractivity contribution in [2.45, 2.75) is 0 Å². The number of methoxy groups -OCH3 is 1. The van der Waals surface area contributed by atoms with Crippen LogP contribution in [0.4, 0.5) is 0 Å². The van der Waals surface area contributed by atoms with Crippen molar-refractivity contribution in [3.63, 3.8) is 0 Å². The molecule has 4 nitrogen and oxygen atoms in total. The van der Waals surface area contributed by atoms with Gasteiger partial charge >= 0.3 is 5.97 Å². The average Bonchev–Trinajstić information content (AvgIpc) is 2.73. The number of aliphatic carboxylic acids is 1. The number of ketones is 1. The summed E-state index contributed by atoms with van der Waals surface area (Å²) in [5.74, 6) is -0.165.